The first-order valence-corrected chi connectivity index (χ1v) is 6.47. The van der Waals surface area contributed by atoms with Crippen molar-refractivity contribution in [3.63, 3.8) is 0 Å². The Balaban J connectivity index is 1.93. The number of carboxylic acid groups (broad SMARTS) is 1. The Morgan fingerprint density at radius 3 is 2.52 bits per heavy atom. The van der Waals surface area contributed by atoms with E-state index in [1.165, 1.54) is 6.26 Å². The van der Waals surface area contributed by atoms with Gasteiger partial charge in [-0.2, -0.15) is 0 Å². The van der Waals surface area contributed by atoms with E-state index in [4.69, 9.17) is 4.74 Å². The van der Waals surface area contributed by atoms with Gasteiger partial charge in [-0.15, -0.1) is 0 Å². The number of hydrogen-bond acceptors (Lipinski definition) is 3. The summed E-state index contributed by atoms with van der Waals surface area (Å²) in [7, 11) is 0. The van der Waals surface area contributed by atoms with Crippen molar-refractivity contribution in [2.75, 3.05) is 5.32 Å². The van der Waals surface area contributed by atoms with Gasteiger partial charge in [-0.05, 0) is 29.8 Å². The van der Waals surface area contributed by atoms with Crippen molar-refractivity contribution < 1.29 is 14.6 Å². The second-order valence-corrected chi connectivity index (χ2v) is 4.54. The summed E-state index contributed by atoms with van der Waals surface area (Å²) in [6, 6.07) is 16.7. The topological polar surface area (TPSA) is 58.6 Å². The molecule has 4 heteroatoms. The van der Waals surface area contributed by atoms with Crippen LogP contribution in [0, 0.1) is 0 Å². The van der Waals surface area contributed by atoms with Gasteiger partial charge in [0, 0.05) is 5.69 Å². The summed E-state index contributed by atoms with van der Waals surface area (Å²) in [6.07, 6.45) is 3.06. The molecular weight excluding hydrogens is 266 g/mol. The van der Waals surface area contributed by atoms with Crippen LogP contribution in [0.15, 0.2) is 72.1 Å². The van der Waals surface area contributed by atoms with Crippen LogP contribution >= 0.6 is 0 Å². The number of ether oxygens (including phenoxy) is 1. The first-order chi connectivity index (χ1) is 10.2. The fourth-order valence-corrected chi connectivity index (χ4v) is 2.08. The smallest absolute Gasteiger partial charge is 0.337 e. The van der Waals surface area contributed by atoms with E-state index in [2.05, 4.69) is 5.32 Å². The van der Waals surface area contributed by atoms with Crippen molar-refractivity contribution in [2.45, 2.75) is 0 Å². The molecule has 2 aromatic carbocycles. The molecule has 0 amide bonds. The van der Waals surface area contributed by atoms with Crippen LogP contribution in [0.25, 0.3) is 6.08 Å². The molecule has 2 aromatic rings. The third-order valence-corrected chi connectivity index (χ3v) is 3.11. The summed E-state index contributed by atoms with van der Waals surface area (Å²) >= 11 is 0. The molecule has 0 unspecified atom stereocenters. The van der Waals surface area contributed by atoms with Crippen molar-refractivity contribution in [3.8, 4) is 5.75 Å². The molecule has 0 atom stereocenters. The lowest BCUT2D eigenvalue weighted by molar-refractivity contribution is -0.132. The highest BCUT2D eigenvalue weighted by atomic mass is 16.5. The Labute approximate surface area is 122 Å². The summed E-state index contributed by atoms with van der Waals surface area (Å²) in [5.41, 5.74) is 2.28. The fraction of sp³-hybridized carbons (Fsp3) is 0. The van der Waals surface area contributed by atoms with Gasteiger partial charge >= 0.3 is 5.97 Å². The van der Waals surface area contributed by atoms with Gasteiger partial charge in [-0.25, -0.2) is 4.79 Å². The molecule has 2 N–H and O–H groups in total. The fourth-order valence-electron chi connectivity index (χ4n) is 2.08. The maximum Gasteiger partial charge on any atom is 0.337 e. The number of hydrogen-bond donors (Lipinski definition) is 2. The molecular formula is C17H13NO3. The number of carboxylic acids is 1. The van der Waals surface area contributed by atoms with Crippen molar-refractivity contribution >= 4 is 17.7 Å². The molecule has 0 radical (unpaired) electrons. The van der Waals surface area contributed by atoms with E-state index in [0.717, 1.165) is 11.3 Å². The maximum atomic E-state index is 11.4. The molecule has 0 fully saturated rings. The number of carbonyl (C=O) groups is 1. The van der Waals surface area contributed by atoms with Crippen molar-refractivity contribution in [3.05, 3.63) is 77.7 Å². The predicted octanol–water partition coefficient (Wildman–Crippen LogP) is 3.50. The molecule has 0 aromatic heterocycles. The predicted molar refractivity (Wildman–Crippen MR) is 80.8 cm³/mol. The Hall–Kier alpha value is -3.01. The maximum absolute atomic E-state index is 11.4. The zero-order valence-electron chi connectivity index (χ0n) is 11.1. The van der Waals surface area contributed by atoms with Crippen LogP contribution in [0.3, 0.4) is 0 Å². The van der Waals surface area contributed by atoms with E-state index in [1.807, 2.05) is 42.5 Å². The Morgan fingerprint density at radius 1 is 1.05 bits per heavy atom. The van der Waals surface area contributed by atoms with E-state index < -0.39 is 5.97 Å². The summed E-state index contributed by atoms with van der Waals surface area (Å²) < 4.78 is 5.51. The van der Waals surface area contributed by atoms with Crippen LogP contribution in [-0.4, -0.2) is 11.1 Å². The van der Waals surface area contributed by atoms with Gasteiger partial charge in [0.25, 0.3) is 0 Å². The molecule has 1 aliphatic rings. The molecule has 0 aliphatic carbocycles. The standard InChI is InChI=1S/C17H13NO3/c19-17(20)14-10-12-6-4-5-9-15(12)18-16(14)11-21-13-7-2-1-3-8-13/h1-11,18H,(H,19,20). The zero-order valence-corrected chi connectivity index (χ0v) is 11.1. The number of fused-ring (bicyclic) bond motifs is 1. The third-order valence-electron chi connectivity index (χ3n) is 3.11. The van der Waals surface area contributed by atoms with E-state index in [0.29, 0.717) is 11.4 Å². The second-order valence-electron chi connectivity index (χ2n) is 4.54. The lowest BCUT2D eigenvalue weighted by Crippen LogP contribution is -2.15. The molecule has 3 rings (SSSR count). The van der Waals surface area contributed by atoms with Gasteiger partial charge in [0.05, 0.1) is 11.3 Å². The molecule has 21 heavy (non-hydrogen) atoms. The van der Waals surface area contributed by atoms with Crippen LogP contribution in [-0.2, 0) is 4.79 Å². The number of rotatable bonds is 3. The highest BCUT2D eigenvalue weighted by Gasteiger charge is 2.20. The van der Waals surface area contributed by atoms with Crippen LogP contribution in [0.5, 0.6) is 5.75 Å². The first-order valence-electron chi connectivity index (χ1n) is 6.47. The van der Waals surface area contributed by atoms with Gasteiger partial charge in [0.15, 0.2) is 0 Å². The largest absolute Gasteiger partial charge is 0.478 e. The summed E-state index contributed by atoms with van der Waals surface area (Å²) in [6.45, 7) is 0. The van der Waals surface area contributed by atoms with Gasteiger partial charge in [0.1, 0.15) is 12.0 Å². The molecule has 1 heterocycles. The van der Waals surface area contributed by atoms with Crippen molar-refractivity contribution in [1.82, 2.24) is 0 Å². The van der Waals surface area contributed by atoms with Gasteiger partial charge in [-0.3, -0.25) is 0 Å². The summed E-state index contributed by atoms with van der Waals surface area (Å²) in [4.78, 5) is 11.4. The van der Waals surface area contributed by atoms with Gasteiger partial charge in [-0.1, -0.05) is 36.4 Å². The Morgan fingerprint density at radius 2 is 1.76 bits per heavy atom. The van der Waals surface area contributed by atoms with Crippen molar-refractivity contribution in [2.24, 2.45) is 0 Å². The zero-order chi connectivity index (χ0) is 14.7. The summed E-state index contributed by atoms with van der Waals surface area (Å²) in [5, 5.41) is 12.4. The molecule has 0 spiro atoms. The van der Waals surface area contributed by atoms with E-state index in [-0.39, 0.29) is 5.57 Å². The number of nitrogens with one attached hydrogen (secondary N) is 1. The highest BCUT2D eigenvalue weighted by molar-refractivity contribution is 6.01. The van der Waals surface area contributed by atoms with Crippen LogP contribution < -0.4 is 10.1 Å². The third kappa shape index (κ3) is 2.79. The molecule has 0 saturated carbocycles. The van der Waals surface area contributed by atoms with Crippen molar-refractivity contribution in [1.29, 1.82) is 0 Å². The van der Waals surface area contributed by atoms with Crippen LogP contribution in [0.4, 0.5) is 5.69 Å². The molecule has 4 nitrogen and oxygen atoms in total. The average molecular weight is 279 g/mol. The average Bonchev–Trinajstić information content (AvgIpc) is 2.53. The van der Waals surface area contributed by atoms with E-state index in [9.17, 15) is 9.90 Å². The lowest BCUT2D eigenvalue weighted by Gasteiger charge is -2.19. The first kappa shape index (κ1) is 13.0. The molecule has 0 saturated heterocycles. The minimum atomic E-state index is -1.00. The monoisotopic (exact) mass is 279 g/mol. The normalized spacial score (nSPS) is 14.9. The highest BCUT2D eigenvalue weighted by Crippen LogP contribution is 2.29. The van der Waals surface area contributed by atoms with Gasteiger partial charge < -0.3 is 15.2 Å². The Kier molecular flexibility index (Phi) is 3.43. The van der Waals surface area contributed by atoms with E-state index >= 15 is 0 Å². The second kappa shape index (κ2) is 5.54. The van der Waals surface area contributed by atoms with Crippen LogP contribution in [0.2, 0.25) is 0 Å². The lowest BCUT2D eigenvalue weighted by atomic mass is 10.0. The minimum absolute atomic E-state index is 0.171. The SMILES string of the molecule is O=C(O)C1=Cc2ccccc2NC1=COc1ccccc1. The minimum Gasteiger partial charge on any atom is -0.478 e. The molecule has 104 valence electrons. The summed E-state index contributed by atoms with van der Waals surface area (Å²) in [5.74, 6) is -0.352. The number of aliphatic carboxylic acids is 1. The Bertz CT molecular complexity index is 733. The van der Waals surface area contributed by atoms with Gasteiger partial charge in [0.2, 0.25) is 0 Å². The quantitative estimate of drug-likeness (QED) is 0.844. The molecule has 0 bridgehead atoms. The number of benzene rings is 2. The van der Waals surface area contributed by atoms with E-state index in [1.54, 1.807) is 18.2 Å². The molecule has 1 aliphatic heterocycles. The number of anilines is 1. The number of para-hydroxylation sites is 2. The van der Waals surface area contributed by atoms with Crippen LogP contribution in [0.1, 0.15) is 5.56 Å².